The minimum atomic E-state index is -0.442. The van der Waals surface area contributed by atoms with Gasteiger partial charge in [-0.1, -0.05) is 47.5 Å². The van der Waals surface area contributed by atoms with Gasteiger partial charge in [0.2, 0.25) is 5.82 Å². The quantitative estimate of drug-likeness (QED) is 0.419. The molecule has 7 heteroatoms. The van der Waals surface area contributed by atoms with Gasteiger partial charge in [0.15, 0.2) is 5.82 Å². The molecule has 1 N–H and O–H groups in total. The van der Waals surface area contributed by atoms with Crippen LogP contribution >= 0.6 is 23.2 Å². The standard InChI is InChI=1S/C23H18Cl2N4O/c1-14-6-5-9-20(15(14)2)29-22(16-10-12-17(24)13-11-16)27-21(28-29)23(30)26-19-8-4-3-7-18(19)25/h3-13H,1-2H3,(H,26,30). The van der Waals surface area contributed by atoms with Crippen molar-refractivity contribution in [3.8, 4) is 17.1 Å². The van der Waals surface area contributed by atoms with Gasteiger partial charge in [0.1, 0.15) is 0 Å². The van der Waals surface area contributed by atoms with Crippen molar-refractivity contribution in [2.24, 2.45) is 0 Å². The van der Waals surface area contributed by atoms with Crippen molar-refractivity contribution in [1.82, 2.24) is 14.8 Å². The van der Waals surface area contributed by atoms with E-state index in [1.807, 2.05) is 44.2 Å². The predicted octanol–water partition coefficient (Wildman–Crippen LogP) is 6.11. The smallest absolute Gasteiger partial charge is 0.295 e. The summed E-state index contributed by atoms with van der Waals surface area (Å²) >= 11 is 12.2. The first-order valence-corrected chi connectivity index (χ1v) is 10.0. The minimum absolute atomic E-state index is 0.0424. The fourth-order valence-corrected chi connectivity index (χ4v) is 3.38. The first-order valence-electron chi connectivity index (χ1n) is 9.29. The molecule has 5 nitrogen and oxygen atoms in total. The van der Waals surface area contributed by atoms with E-state index in [9.17, 15) is 4.79 Å². The van der Waals surface area contributed by atoms with Gasteiger partial charge < -0.3 is 5.32 Å². The van der Waals surface area contributed by atoms with Crippen LogP contribution in [0.15, 0.2) is 66.7 Å². The second kappa shape index (κ2) is 8.30. The topological polar surface area (TPSA) is 59.8 Å². The van der Waals surface area contributed by atoms with Crippen LogP contribution in [-0.2, 0) is 0 Å². The van der Waals surface area contributed by atoms with Gasteiger partial charge in [-0.15, -0.1) is 5.10 Å². The highest BCUT2D eigenvalue weighted by atomic mass is 35.5. The van der Waals surface area contributed by atoms with Crippen molar-refractivity contribution in [3.05, 3.63) is 93.7 Å². The molecule has 0 fully saturated rings. The fraction of sp³-hybridized carbons (Fsp3) is 0.0870. The second-order valence-corrected chi connectivity index (χ2v) is 7.67. The van der Waals surface area contributed by atoms with Crippen LogP contribution in [0.5, 0.6) is 0 Å². The van der Waals surface area contributed by atoms with Crippen LogP contribution in [0.1, 0.15) is 21.7 Å². The maximum Gasteiger partial charge on any atom is 0.295 e. The lowest BCUT2D eigenvalue weighted by Crippen LogP contribution is -2.14. The summed E-state index contributed by atoms with van der Waals surface area (Å²) in [7, 11) is 0. The van der Waals surface area contributed by atoms with Gasteiger partial charge in [0.25, 0.3) is 5.91 Å². The number of nitrogens with zero attached hydrogens (tertiary/aromatic N) is 3. The lowest BCUT2D eigenvalue weighted by Gasteiger charge is -2.11. The monoisotopic (exact) mass is 436 g/mol. The molecule has 3 aromatic carbocycles. The summed E-state index contributed by atoms with van der Waals surface area (Å²) in [5, 5.41) is 8.36. The highest BCUT2D eigenvalue weighted by Gasteiger charge is 2.20. The van der Waals surface area contributed by atoms with Gasteiger partial charge in [-0.05, 0) is 67.4 Å². The Bertz CT molecular complexity index is 1230. The number of carbonyl (C=O) groups is 1. The third-order valence-electron chi connectivity index (χ3n) is 4.84. The Morgan fingerprint density at radius 2 is 1.67 bits per heavy atom. The van der Waals surface area contributed by atoms with Gasteiger partial charge in [-0.25, -0.2) is 9.67 Å². The highest BCUT2D eigenvalue weighted by molar-refractivity contribution is 6.33. The normalized spacial score (nSPS) is 10.8. The molecule has 0 aliphatic heterocycles. The molecule has 0 aliphatic rings. The van der Waals surface area contributed by atoms with E-state index in [2.05, 4.69) is 15.4 Å². The summed E-state index contributed by atoms with van der Waals surface area (Å²) in [4.78, 5) is 17.4. The number of amides is 1. The summed E-state index contributed by atoms with van der Waals surface area (Å²) in [6.07, 6.45) is 0. The number of aryl methyl sites for hydroxylation is 1. The van der Waals surface area contributed by atoms with E-state index in [0.717, 1.165) is 22.4 Å². The highest BCUT2D eigenvalue weighted by Crippen LogP contribution is 2.26. The number of hydrogen-bond donors (Lipinski definition) is 1. The Morgan fingerprint density at radius 3 is 2.40 bits per heavy atom. The lowest BCUT2D eigenvalue weighted by molar-refractivity contribution is 0.101. The number of nitrogens with one attached hydrogen (secondary N) is 1. The molecular formula is C23H18Cl2N4O. The molecule has 1 amide bonds. The van der Waals surface area contributed by atoms with Gasteiger partial charge in [-0.2, -0.15) is 0 Å². The van der Waals surface area contributed by atoms with E-state index in [0.29, 0.717) is 21.6 Å². The lowest BCUT2D eigenvalue weighted by atomic mass is 10.1. The van der Waals surface area contributed by atoms with Gasteiger partial charge in [-0.3, -0.25) is 4.79 Å². The molecule has 0 saturated heterocycles. The summed E-state index contributed by atoms with van der Waals surface area (Å²) in [6, 6.07) is 20.2. The first-order chi connectivity index (χ1) is 14.4. The molecule has 0 radical (unpaired) electrons. The maximum absolute atomic E-state index is 12.9. The molecule has 4 aromatic rings. The van der Waals surface area contributed by atoms with E-state index in [1.165, 1.54) is 0 Å². The van der Waals surface area contributed by atoms with Gasteiger partial charge >= 0.3 is 0 Å². The molecule has 0 aliphatic carbocycles. The van der Waals surface area contributed by atoms with Crippen molar-refractivity contribution in [2.45, 2.75) is 13.8 Å². The molecule has 1 aromatic heterocycles. The average Bonchev–Trinajstić information content (AvgIpc) is 3.17. The van der Waals surface area contributed by atoms with Crippen LogP contribution in [-0.4, -0.2) is 20.7 Å². The maximum atomic E-state index is 12.9. The van der Waals surface area contributed by atoms with Crippen LogP contribution in [0.4, 0.5) is 5.69 Å². The SMILES string of the molecule is Cc1cccc(-n2nc(C(=O)Nc3ccccc3Cl)nc2-c2ccc(Cl)cc2)c1C. The van der Waals surface area contributed by atoms with Gasteiger partial charge in [0, 0.05) is 10.6 Å². The van der Waals surface area contributed by atoms with E-state index in [1.54, 1.807) is 41.1 Å². The van der Waals surface area contributed by atoms with Crippen LogP contribution < -0.4 is 5.32 Å². The molecular weight excluding hydrogens is 419 g/mol. The molecule has 0 atom stereocenters. The van der Waals surface area contributed by atoms with Crippen molar-refractivity contribution in [3.63, 3.8) is 0 Å². The molecule has 0 saturated carbocycles. The predicted molar refractivity (Wildman–Crippen MR) is 121 cm³/mol. The van der Waals surface area contributed by atoms with Crippen LogP contribution in [0.3, 0.4) is 0 Å². The Labute approximate surface area is 184 Å². The Hall–Kier alpha value is -3.15. The fourth-order valence-electron chi connectivity index (χ4n) is 3.07. The number of hydrogen-bond acceptors (Lipinski definition) is 3. The molecule has 0 bridgehead atoms. The molecule has 0 unspecified atom stereocenters. The summed E-state index contributed by atoms with van der Waals surface area (Å²) in [5.74, 6) is 0.146. The van der Waals surface area contributed by atoms with Gasteiger partial charge in [0.05, 0.1) is 16.4 Å². The first kappa shape index (κ1) is 20.1. The number of rotatable bonds is 4. The molecule has 30 heavy (non-hydrogen) atoms. The van der Waals surface area contributed by atoms with E-state index >= 15 is 0 Å². The van der Waals surface area contributed by atoms with Crippen molar-refractivity contribution < 1.29 is 4.79 Å². The van der Waals surface area contributed by atoms with Crippen LogP contribution in [0.25, 0.3) is 17.1 Å². The third-order valence-corrected chi connectivity index (χ3v) is 5.42. The number of benzene rings is 3. The zero-order valence-corrected chi connectivity index (χ0v) is 17.9. The van der Waals surface area contributed by atoms with Crippen molar-refractivity contribution in [2.75, 3.05) is 5.32 Å². The molecule has 0 spiro atoms. The van der Waals surface area contributed by atoms with Crippen molar-refractivity contribution in [1.29, 1.82) is 0 Å². The summed E-state index contributed by atoms with van der Waals surface area (Å²) in [5.41, 5.74) is 4.32. The molecule has 150 valence electrons. The summed E-state index contributed by atoms with van der Waals surface area (Å²) in [6.45, 7) is 4.05. The number of halogens is 2. The Balaban J connectivity index is 1.81. The molecule has 4 rings (SSSR count). The largest absolute Gasteiger partial charge is 0.318 e. The third kappa shape index (κ3) is 3.95. The minimum Gasteiger partial charge on any atom is -0.318 e. The van der Waals surface area contributed by atoms with E-state index in [4.69, 9.17) is 23.2 Å². The Kier molecular flexibility index (Phi) is 5.57. The molecule has 1 heterocycles. The van der Waals surface area contributed by atoms with Crippen molar-refractivity contribution >= 4 is 34.8 Å². The summed E-state index contributed by atoms with van der Waals surface area (Å²) < 4.78 is 1.69. The zero-order valence-electron chi connectivity index (χ0n) is 16.4. The Morgan fingerprint density at radius 1 is 0.933 bits per heavy atom. The van der Waals surface area contributed by atoms with Crippen LogP contribution in [0, 0.1) is 13.8 Å². The average molecular weight is 437 g/mol. The second-order valence-electron chi connectivity index (χ2n) is 6.83. The number of aromatic nitrogens is 3. The van der Waals surface area contributed by atoms with E-state index in [-0.39, 0.29) is 5.82 Å². The number of para-hydroxylation sites is 1. The zero-order chi connectivity index (χ0) is 21.3. The number of anilines is 1. The number of carbonyl (C=O) groups excluding carboxylic acids is 1. The van der Waals surface area contributed by atoms with Crippen LogP contribution in [0.2, 0.25) is 10.0 Å². The van der Waals surface area contributed by atoms with E-state index < -0.39 is 5.91 Å².